The van der Waals surface area contributed by atoms with Crippen LogP contribution in [0.4, 0.5) is 11.8 Å². The quantitative estimate of drug-likeness (QED) is 0.775. The van der Waals surface area contributed by atoms with Crippen molar-refractivity contribution in [3.8, 4) is 0 Å². The van der Waals surface area contributed by atoms with E-state index in [0.717, 1.165) is 57.8 Å². The van der Waals surface area contributed by atoms with Gasteiger partial charge in [0.15, 0.2) is 0 Å². The van der Waals surface area contributed by atoms with Gasteiger partial charge in [-0.25, -0.2) is 4.98 Å². The molecule has 1 aromatic heterocycles. The fraction of sp³-hybridized carbons (Fsp3) is 0.800. The summed E-state index contributed by atoms with van der Waals surface area (Å²) in [6.07, 6.45) is 6.86. The van der Waals surface area contributed by atoms with Crippen LogP contribution in [0.5, 0.6) is 0 Å². The number of ether oxygens (including phenoxy) is 2. The van der Waals surface area contributed by atoms with Gasteiger partial charge in [0, 0.05) is 52.1 Å². The summed E-state index contributed by atoms with van der Waals surface area (Å²) in [5.41, 5.74) is 0. The first kappa shape index (κ1) is 18.9. The molecule has 0 bridgehead atoms. The second-order valence-electron chi connectivity index (χ2n) is 8.06. The lowest BCUT2D eigenvalue weighted by atomic mass is 9.98. The second kappa shape index (κ2) is 9.17. The molecular formula is C20H33N5O2. The Balaban J connectivity index is 1.37. The maximum Gasteiger partial charge on any atom is 0.227 e. The van der Waals surface area contributed by atoms with E-state index in [1.54, 1.807) is 0 Å². The van der Waals surface area contributed by atoms with Gasteiger partial charge in [-0.05, 0) is 44.2 Å². The highest BCUT2D eigenvalue weighted by Crippen LogP contribution is 2.23. The van der Waals surface area contributed by atoms with Gasteiger partial charge in [0.25, 0.3) is 0 Å². The molecule has 2 atom stereocenters. The van der Waals surface area contributed by atoms with Crippen LogP contribution in [-0.2, 0) is 9.47 Å². The van der Waals surface area contributed by atoms with Crippen molar-refractivity contribution in [2.75, 3.05) is 76.0 Å². The third-order valence-electron chi connectivity index (χ3n) is 6.08. The van der Waals surface area contributed by atoms with E-state index in [1.807, 2.05) is 12.3 Å². The molecule has 0 amide bonds. The molecule has 0 aliphatic carbocycles. The van der Waals surface area contributed by atoms with Crippen molar-refractivity contribution >= 4 is 11.8 Å². The summed E-state index contributed by atoms with van der Waals surface area (Å²) >= 11 is 0. The molecule has 0 saturated carbocycles. The summed E-state index contributed by atoms with van der Waals surface area (Å²) in [5, 5.41) is 0. The van der Waals surface area contributed by atoms with Gasteiger partial charge in [0.1, 0.15) is 5.82 Å². The third kappa shape index (κ3) is 4.89. The van der Waals surface area contributed by atoms with Crippen LogP contribution in [0.25, 0.3) is 0 Å². The standard InChI is InChI=1S/C20H33N5O2/c1-23(20-21-7-6-19(22-20)25-9-12-26-13-10-25)18-5-2-8-24(15-18)14-17-4-3-11-27-16-17/h6-7,17-18H,2-5,8-16H2,1H3. The van der Waals surface area contributed by atoms with Crippen molar-refractivity contribution in [2.24, 2.45) is 5.92 Å². The molecule has 0 spiro atoms. The molecule has 0 N–H and O–H groups in total. The molecule has 3 saturated heterocycles. The number of rotatable bonds is 5. The van der Waals surface area contributed by atoms with Gasteiger partial charge in [-0.3, -0.25) is 0 Å². The number of hydrogen-bond acceptors (Lipinski definition) is 7. The van der Waals surface area contributed by atoms with Gasteiger partial charge < -0.3 is 24.2 Å². The van der Waals surface area contributed by atoms with E-state index in [1.165, 1.54) is 38.8 Å². The topological polar surface area (TPSA) is 54.0 Å². The lowest BCUT2D eigenvalue weighted by Gasteiger charge is -2.39. The minimum absolute atomic E-state index is 0.475. The van der Waals surface area contributed by atoms with E-state index in [2.05, 4.69) is 26.7 Å². The predicted molar refractivity (Wildman–Crippen MR) is 106 cm³/mol. The highest BCUT2D eigenvalue weighted by molar-refractivity contribution is 5.44. The van der Waals surface area contributed by atoms with Crippen molar-refractivity contribution < 1.29 is 9.47 Å². The van der Waals surface area contributed by atoms with Crippen LogP contribution in [0.15, 0.2) is 12.3 Å². The zero-order valence-electron chi connectivity index (χ0n) is 16.6. The Bertz CT molecular complexity index is 589. The number of anilines is 2. The number of piperidine rings is 1. The monoisotopic (exact) mass is 375 g/mol. The van der Waals surface area contributed by atoms with E-state index in [9.17, 15) is 0 Å². The number of nitrogens with zero attached hydrogens (tertiary/aromatic N) is 5. The van der Waals surface area contributed by atoms with Crippen LogP contribution >= 0.6 is 0 Å². The van der Waals surface area contributed by atoms with Crippen LogP contribution in [0.3, 0.4) is 0 Å². The number of morpholine rings is 1. The van der Waals surface area contributed by atoms with Gasteiger partial charge in [0.2, 0.25) is 5.95 Å². The molecule has 27 heavy (non-hydrogen) atoms. The van der Waals surface area contributed by atoms with Gasteiger partial charge in [-0.15, -0.1) is 0 Å². The lowest BCUT2D eigenvalue weighted by Crippen LogP contribution is -2.49. The SMILES string of the molecule is CN(c1nccc(N2CCOCC2)n1)C1CCCN(CC2CCCOC2)C1. The summed E-state index contributed by atoms with van der Waals surface area (Å²) in [5.74, 6) is 2.55. The largest absolute Gasteiger partial charge is 0.381 e. The molecule has 3 aliphatic heterocycles. The predicted octanol–water partition coefficient (Wildman–Crippen LogP) is 1.64. The Hall–Kier alpha value is -1.44. The molecule has 4 rings (SSSR count). The maximum atomic E-state index is 5.67. The Kier molecular flexibility index (Phi) is 6.42. The molecule has 150 valence electrons. The van der Waals surface area contributed by atoms with E-state index >= 15 is 0 Å². The van der Waals surface area contributed by atoms with E-state index in [-0.39, 0.29) is 0 Å². The summed E-state index contributed by atoms with van der Waals surface area (Å²) in [6, 6.07) is 2.49. The summed E-state index contributed by atoms with van der Waals surface area (Å²) in [7, 11) is 2.15. The van der Waals surface area contributed by atoms with Crippen molar-refractivity contribution in [3.63, 3.8) is 0 Å². The van der Waals surface area contributed by atoms with Crippen molar-refractivity contribution in [1.82, 2.24) is 14.9 Å². The Labute approximate surface area is 162 Å². The molecule has 0 aromatic carbocycles. The number of hydrogen-bond donors (Lipinski definition) is 0. The average Bonchev–Trinajstić information content (AvgIpc) is 2.75. The highest BCUT2D eigenvalue weighted by atomic mass is 16.5. The van der Waals surface area contributed by atoms with Crippen LogP contribution in [0, 0.1) is 5.92 Å². The number of aromatic nitrogens is 2. The molecule has 3 fully saturated rings. The molecular weight excluding hydrogens is 342 g/mol. The van der Waals surface area contributed by atoms with E-state index < -0.39 is 0 Å². The Morgan fingerprint density at radius 1 is 1.11 bits per heavy atom. The van der Waals surface area contributed by atoms with Crippen LogP contribution in [-0.4, -0.2) is 87.1 Å². The molecule has 3 aliphatic rings. The molecule has 0 radical (unpaired) electrons. The van der Waals surface area contributed by atoms with E-state index in [4.69, 9.17) is 14.5 Å². The fourth-order valence-electron chi connectivity index (χ4n) is 4.47. The van der Waals surface area contributed by atoms with Crippen molar-refractivity contribution in [2.45, 2.75) is 31.7 Å². The minimum Gasteiger partial charge on any atom is -0.381 e. The first-order chi connectivity index (χ1) is 13.3. The summed E-state index contributed by atoms with van der Waals surface area (Å²) < 4.78 is 11.1. The lowest BCUT2D eigenvalue weighted by molar-refractivity contribution is 0.0341. The van der Waals surface area contributed by atoms with Gasteiger partial charge in [-0.2, -0.15) is 4.98 Å². The molecule has 7 heteroatoms. The summed E-state index contributed by atoms with van der Waals surface area (Å²) in [4.78, 5) is 16.6. The summed E-state index contributed by atoms with van der Waals surface area (Å²) in [6.45, 7) is 8.70. The maximum absolute atomic E-state index is 5.67. The minimum atomic E-state index is 0.475. The Morgan fingerprint density at radius 2 is 2.00 bits per heavy atom. The fourth-order valence-corrected chi connectivity index (χ4v) is 4.47. The van der Waals surface area contributed by atoms with Crippen molar-refractivity contribution in [1.29, 1.82) is 0 Å². The zero-order valence-corrected chi connectivity index (χ0v) is 16.6. The number of likely N-dealkylation sites (N-methyl/N-ethyl adjacent to an activating group) is 1. The van der Waals surface area contributed by atoms with Crippen LogP contribution in [0.1, 0.15) is 25.7 Å². The van der Waals surface area contributed by atoms with Gasteiger partial charge >= 0.3 is 0 Å². The van der Waals surface area contributed by atoms with Crippen LogP contribution in [0.2, 0.25) is 0 Å². The van der Waals surface area contributed by atoms with Gasteiger partial charge in [-0.1, -0.05) is 0 Å². The molecule has 2 unspecified atom stereocenters. The number of likely N-dealkylation sites (tertiary alicyclic amines) is 1. The second-order valence-corrected chi connectivity index (χ2v) is 8.06. The van der Waals surface area contributed by atoms with Crippen LogP contribution < -0.4 is 9.80 Å². The third-order valence-corrected chi connectivity index (χ3v) is 6.08. The van der Waals surface area contributed by atoms with E-state index in [0.29, 0.717) is 12.0 Å². The zero-order chi connectivity index (χ0) is 18.5. The van der Waals surface area contributed by atoms with Crippen molar-refractivity contribution in [3.05, 3.63) is 12.3 Å². The first-order valence-electron chi connectivity index (χ1n) is 10.5. The average molecular weight is 376 g/mol. The Morgan fingerprint density at radius 3 is 2.81 bits per heavy atom. The molecule has 1 aromatic rings. The molecule has 4 heterocycles. The highest BCUT2D eigenvalue weighted by Gasteiger charge is 2.27. The normalized spacial score (nSPS) is 27.5. The smallest absolute Gasteiger partial charge is 0.227 e. The van der Waals surface area contributed by atoms with Gasteiger partial charge in [0.05, 0.1) is 19.8 Å². The molecule has 7 nitrogen and oxygen atoms in total. The first-order valence-corrected chi connectivity index (χ1v) is 10.5.